The van der Waals surface area contributed by atoms with Crippen LogP contribution in [0.5, 0.6) is 0 Å². The maximum Gasteiger partial charge on any atom is 0.198 e. The summed E-state index contributed by atoms with van der Waals surface area (Å²) in [6.07, 6.45) is 0. The highest BCUT2D eigenvalue weighted by atomic mass is 16.3. The second-order valence-electron chi connectivity index (χ2n) is 20.2. The minimum absolute atomic E-state index is 0.0757. The highest BCUT2D eigenvalue weighted by molar-refractivity contribution is 6.73. The summed E-state index contributed by atoms with van der Waals surface area (Å²) in [4.78, 5) is 0. The number of rotatable bonds is 3. The molecule has 0 saturated carbocycles. The molecule has 0 spiro atoms. The van der Waals surface area contributed by atoms with E-state index in [1.165, 1.54) is 105 Å². The molecule has 298 valence electrons. The molecule has 13 rings (SSSR count). The molecule has 8 aromatic carbocycles. The van der Waals surface area contributed by atoms with Crippen molar-refractivity contribution in [3.05, 3.63) is 173 Å². The highest BCUT2D eigenvalue weighted by Gasteiger charge is 2.39. The van der Waals surface area contributed by atoms with Crippen LogP contribution in [0.25, 0.3) is 82.8 Å². The predicted molar refractivity (Wildman–Crippen MR) is 263 cm³/mol. The van der Waals surface area contributed by atoms with Gasteiger partial charge >= 0.3 is 0 Å². The van der Waals surface area contributed by atoms with E-state index in [1.54, 1.807) is 0 Å². The van der Waals surface area contributed by atoms with Crippen molar-refractivity contribution in [1.29, 1.82) is 0 Å². The molecule has 0 saturated heterocycles. The van der Waals surface area contributed by atoms with Gasteiger partial charge in [-0.15, -0.1) is 0 Å². The van der Waals surface area contributed by atoms with Crippen molar-refractivity contribution in [1.82, 2.24) is 4.57 Å². The van der Waals surface area contributed by atoms with E-state index in [0.717, 1.165) is 35.2 Å². The molecule has 1 N–H and O–H groups in total. The van der Waals surface area contributed by atoms with Crippen LogP contribution in [0.3, 0.4) is 0 Å². The molecule has 4 heteroatoms. The van der Waals surface area contributed by atoms with Crippen molar-refractivity contribution >= 4 is 73.3 Å². The number of para-hydroxylation sites is 1. The fourth-order valence-electron chi connectivity index (χ4n) is 11.8. The second-order valence-corrected chi connectivity index (χ2v) is 20.2. The lowest BCUT2D eigenvalue weighted by atomic mass is 9.58. The lowest BCUT2D eigenvalue weighted by Crippen LogP contribution is -2.38. The standard InChI is InChI=1S/C58H47BN2O/c1-56(2,3)32-20-22-33(23-21-32)60-47-31-45-39(34-14-8-11-17-42(34)58(45,6)7)28-41(47)36-24-25-38-52-48(26-27-51-53(52)37-16-10-13-19-50(37)62-51)61-49-29-40-35-15-9-12-18-43(35)57(4,5)44(40)30-46(49)59-54(36)55(38)61/h8-31,59-60H,1-7H3. The first kappa shape index (κ1) is 35.9. The van der Waals surface area contributed by atoms with Gasteiger partial charge < -0.3 is 14.3 Å². The minimum atomic E-state index is -0.135. The van der Waals surface area contributed by atoms with Crippen molar-refractivity contribution in [3.63, 3.8) is 0 Å². The molecule has 0 fully saturated rings. The molecule has 0 radical (unpaired) electrons. The molecule has 2 aromatic heterocycles. The topological polar surface area (TPSA) is 30.1 Å². The molecule has 3 heterocycles. The summed E-state index contributed by atoms with van der Waals surface area (Å²) < 4.78 is 9.15. The molecular weight excluding hydrogens is 751 g/mol. The molecule has 10 aromatic rings. The van der Waals surface area contributed by atoms with Gasteiger partial charge in [-0.3, -0.25) is 0 Å². The smallest absolute Gasteiger partial charge is 0.198 e. The Labute approximate surface area is 363 Å². The Morgan fingerprint density at radius 2 is 1.19 bits per heavy atom. The van der Waals surface area contributed by atoms with E-state index in [4.69, 9.17) is 4.42 Å². The first-order chi connectivity index (χ1) is 29.9. The van der Waals surface area contributed by atoms with E-state index in [-0.39, 0.29) is 16.2 Å². The van der Waals surface area contributed by atoms with Crippen LogP contribution in [0.2, 0.25) is 0 Å². The monoisotopic (exact) mass is 798 g/mol. The second kappa shape index (κ2) is 12.0. The number of hydrogen-bond donors (Lipinski definition) is 1. The average molecular weight is 799 g/mol. The number of benzene rings is 8. The summed E-state index contributed by atoms with van der Waals surface area (Å²) in [7, 11) is 0.826. The lowest BCUT2D eigenvalue weighted by molar-refractivity contribution is 0.590. The van der Waals surface area contributed by atoms with Crippen LogP contribution in [-0.2, 0) is 16.2 Å². The van der Waals surface area contributed by atoms with Crippen LogP contribution in [-0.4, -0.2) is 11.8 Å². The van der Waals surface area contributed by atoms with Crippen LogP contribution in [0, 0.1) is 0 Å². The van der Waals surface area contributed by atoms with Crippen molar-refractivity contribution < 1.29 is 4.42 Å². The summed E-state index contributed by atoms with van der Waals surface area (Å²) >= 11 is 0. The third-order valence-electron chi connectivity index (χ3n) is 15.0. The fourth-order valence-corrected chi connectivity index (χ4v) is 11.8. The third kappa shape index (κ3) is 4.67. The summed E-state index contributed by atoms with van der Waals surface area (Å²) in [6.45, 7) is 16.4. The summed E-state index contributed by atoms with van der Waals surface area (Å²) in [5.41, 5.74) is 25.1. The Balaban J connectivity index is 1.12. The Hall–Kier alpha value is -6.78. The van der Waals surface area contributed by atoms with Gasteiger partial charge in [0.2, 0.25) is 0 Å². The van der Waals surface area contributed by atoms with Crippen molar-refractivity contribution in [2.45, 2.75) is 64.7 Å². The molecule has 1 aliphatic heterocycles. The number of nitrogens with one attached hydrogen (secondary N) is 1. The average Bonchev–Trinajstić information content (AvgIpc) is 3.94. The fraction of sp³-hybridized carbons (Fsp3) is 0.172. The van der Waals surface area contributed by atoms with Crippen molar-refractivity contribution in [3.8, 4) is 39.1 Å². The van der Waals surface area contributed by atoms with E-state index < -0.39 is 0 Å². The molecule has 0 amide bonds. The molecule has 2 aliphatic carbocycles. The summed E-state index contributed by atoms with van der Waals surface area (Å²) in [5, 5.41) is 8.87. The van der Waals surface area contributed by atoms with Crippen LogP contribution in [0.15, 0.2) is 150 Å². The predicted octanol–water partition coefficient (Wildman–Crippen LogP) is 13.7. The Kier molecular flexibility index (Phi) is 6.94. The van der Waals surface area contributed by atoms with E-state index in [1.807, 2.05) is 0 Å². The number of fused-ring (bicyclic) bond motifs is 15. The van der Waals surface area contributed by atoms with Gasteiger partial charge in [0.05, 0.1) is 5.52 Å². The van der Waals surface area contributed by atoms with Crippen LogP contribution < -0.4 is 16.2 Å². The highest BCUT2D eigenvalue weighted by Crippen LogP contribution is 2.53. The first-order valence-corrected chi connectivity index (χ1v) is 22.2. The summed E-state index contributed by atoms with van der Waals surface area (Å²) in [6, 6.07) is 54.9. The van der Waals surface area contributed by atoms with E-state index >= 15 is 0 Å². The molecule has 62 heavy (non-hydrogen) atoms. The largest absolute Gasteiger partial charge is 0.456 e. The first-order valence-electron chi connectivity index (χ1n) is 22.2. The Bertz CT molecular complexity index is 3610. The van der Waals surface area contributed by atoms with E-state index in [2.05, 4.69) is 204 Å². The molecule has 3 nitrogen and oxygen atoms in total. The number of hydrogen-bond acceptors (Lipinski definition) is 2. The minimum Gasteiger partial charge on any atom is -0.456 e. The van der Waals surface area contributed by atoms with Crippen LogP contribution >= 0.6 is 0 Å². The SMILES string of the molecule is CC(C)(C)c1ccc(Nc2cc3c(cc2-c2ccc4c5c6c(ccc5n5c4c2Bc2cc4c(cc2-5)-c2ccccc2C4(C)C)oc2ccccc26)-c2ccccc2C3(C)C)cc1. The van der Waals surface area contributed by atoms with Crippen molar-refractivity contribution in [2.75, 3.05) is 5.32 Å². The number of aromatic nitrogens is 1. The zero-order valence-corrected chi connectivity index (χ0v) is 36.4. The Morgan fingerprint density at radius 1 is 0.532 bits per heavy atom. The lowest BCUT2D eigenvalue weighted by Gasteiger charge is -2.27. The number of anilines is 2. The normalized spacial score (nSPS) is 15.1. The molecule has 0 bridgehead atoms. The van der Waals surface area contributed by atoms with Crippen molar-refractivity contribution in [2.24, 2.45) is 0 Å². The Morgan fingerprint density at radius 3 is 1.92 bits per heavy atom. The van der Waals surface area contributed by atoms with Gasteiger partial charge in [-0.05, 0) is 115 Å². The zero-order chi connectivity index (χ0) is 42.0. The van der Waals surface area contributed by atoms with Gasteiger partial charge in [0.1, 0.15) is 11.2 Å². The van der Waals surface area contributed by atoms with Crippen LogP contribution in [0.1, 0.15) is 76.3 Å². The summed E-state index contributed by atoms with van der Waals surface area (Å²) in [5.74, 6) is 0. The molecular formula is C58H47BN2O. The van der Waals surface area contributed by atoms with Gasteiger partial charge in [-0.25, -0.2) is 0 Å². The van der Waals surface area contributed by atoms with Gasteiger partial charge in [0, 0.05) is 60.5 Å². The molecule has 0 unspecified atom stereocenters. The van der Waals surface area contributed by atoms with Gasteiger partial charge in [-0.1, -0.05) is 151 Å². The zero-order valence-electron chi connectivity index (χ0n) is 36.4. The van der Waals surface area contributed by atoms with Gasteiger partial charge in [0.15, 0.2) is 7.28 Å². The quantitative estimate of drug-likeness (QED) is 0.180. The van der Waals surface area contributed by atoms with Gasteiger partial charge in [-0.2, -0.15) is 0 Å². The molecule has 0 atom stereocenters. The maximum atomic E-state index is 6.55. The third-order valence-corrected chi connectivity index (χ3v) is 15.0. The number of nitrogens with zero attached hydrogens (tertiary/aromatic N) is 1. The molecule has 3 aliphatic rings. The van der Waals surface area contributed by atoms with Crippen LogP contribution in [0.4, 0.5) is 11.4 Å². The number of furan rings is 1. The van der Waals surface area contributed by atoms with E-state index in [0.29, 0.717) is 0 Å². The van der Waals surface area contributed by atoms with E-state index in [9.17, 15) is 0 Å². The van der Waals surface area contributed by atoms with Gasteiger partial charge in [0.25, 0.3) is 0 Å². The maximum absolute atomic E-state index is 6.55.